The fourth-order valence-corrected chi connectivity index (χ4v) is 3.49. The zero-order valence-corrected chi connectivity index (χ0v) is 18.5. The number of hydrogen-bond acceptors (Lipinski definition) is 6. The number of aromatic nitrogens is 2. The Labute approximate surface area is 179 Å². The van der Waals surface area contributed by atoms with Gasteiger partial charge in [-0.05, 0) is 43.5 Å². The van der Waals surface area contributed by atoms with E-state index in [0.29, 0.717) is 19.6 Å². The highest BCUT2D eigenvalue weighted by atomic mass is 16.5. The normalized spacial score (nSPS) is 11.7. The van der Waals surface area contributed by atoms with Crippen LogP contribution in [0.4, 0.5) is 11.8 Å². The SMILES string of the molecule is [C-]#[N+]Cc1ccc(OC)c(Cc2c(C)nc(N)nc2N[C@@H](CCCC)CCOC)c1. The molecule has 1 aromatic carbocycles. The summed E-state index contributed by atoms with van der Waals surface area (Å²) in [4.78, 5) is 12.4. The van der Waals surface area contributed by atoms with Gasteiger partial charge in [-0.3, -0.25) is 0 Å². The summed E-state index contributed by atoms with van der Waals surface area (Å²) < 4.78 is 10.9. The molecule has 1 heterocycles. The number of methoxy groups -OCH3 is 2. The van der Waals surface area contributed by atoms with Gasteiger partial charge in [0.2, 0.25) is 12.5 Å². The van der Waals surface area contributed by atoms with Crippen LogP contribution in [0.1, 0.15) is 55.0 Å². The number of nitrogen functional groups attached to an aromatic ring is 1. The molecule has 2 rings (SSSR count). The molecule has 0 fully saturated rings. The average Bonchev–Trinajstić information content (AvgIpc) is 2.72. The van der Waals surface area contributed by atoms with Gasteiger partial charge in [0.05, 0.1) is 7.11 Å². The molecule has 1 atom stereocenters. The van der Waals surface area contributed by atoms with Crippen LogP contribution in [0.15, 0.2) is 18.2 Å². The molecule has 0 amide bonds. The molecule has 0 radical (unpaired) electrons. The first-order valence-electron chi connectivity index (χ1n) is 10.4. The maximum absolute atomic E-state index is 7.15. The number of rotatable bonds is 12. The lowest BCUT2D eigenvalue weighted by molar-refractivity contribution is 0.188. The first-order chi connectivity index (χ1) is 14.5. The van der Waals surface area contributed by atoms with Crippen LogP contribution in [0.2, 0.25) is 0 Å². The number of hydrogen-bond donors (Lipinski definition) is 2. The molecule has 0 spiro atoms. The Morgan fingerprint density at radius 3 is 2.70 bits per heavy atom. The summed E-state index contributed by atoms with van der Waals surface area (Å²) in [7, 11) is 3.38. The highest BCUT2D eigenvalue weighted by Gasteiger charge is 2.18. The first kappa shape index (κ1) is 23.4. The van der Waals surface area contributed by atoms with E-state index in [1.165, 1.54) is 0 Å². The summed E-state index contributed by atoms with van der Waals surface area (Å²) in [5.41, 5.74) is 9.76. The molecule has 0 aliphatic heterocycles. The Morgan fingerprint density at radius 1 is 1.23 bits per heavy atom. The van der Waals surface area contributed by atoms with E-state index in [9.17, 15) is 0 Å². The number of aryl methyl sites for hydroxylation is 1. The van der Waals surface area contributed by atoms with Gasteiger partial charge in [-0.2, -0.15) is 4.98 Å². The van der Waals surface area contributed by atoms with Crippen molar-refractivity contribution in [1.29, 1.82) is 0 Å². The van der Waals surface area contributed by atoms with Crippen molar-refractivity contribution in [3.05, 3.63) is 52.0 Å². The van der Waals surface area contributed by atoms with Crippen LogP contribution >= 0.6 is 0 Å². The number of nitrogens with two attached hydrogens (primary N) is 1. The molecule has 30 heavy (non-hydrogen) atoms. The highest BCUT2D eigenvalue weighted by molar-refractivity contribution is 5.54. The van der Waals surface area contributed by atoms with Crippen molar-refractivity contribution in [2.45, 2.75) is 58.5 Å². The van der Waals surface area contributed by atoms with Gasteiger partial charge in [-0.15, -0.1) is 0 Å². The van der Waals surface area contributed by atoms with Crippen LogP contribution in [0.25, 0.3) is 4.85 Å². The lowest BCUT2D eigenvalue weighted by atomic mass is 10.00. The Balaban J connectivity index is 2.38. The Hall–Kier alpha value is -2.85. The second kappa shape index (κ2) is 12.0. The van der Waals surface area contributed by atoms with Gasteiger partial charge in [0.15, 0.2) is 0 Å². The number of nitrogens with one attached hydrogen (secondary N) is 1. The van der Waals surface area contributed by atoms with Crippen LogP contribution in [-0.4, -0.2) is 36.8 Å². The largest absolute Gasteiger partial charge is 0.496 e. The lowest BCUT2D eigenvalue weighted by Crippen LogP contribution is -2.24. The molecule has 7 heteroatoms. The van der Waals surface area contributed by atoms with Gasteiger partial charge in [-0.25, -0.2) is 11.6 Å². The van der Waals surface area contributed by atoms with E-state index >= 15 is 0 Å². The number of anilines is 2. The van der Waals surface area contributed by atoms with Crippen LogP contribution in [-0.2, 0) is 17.7 Å². The topological polar surface area (TPSA) is 86.7 Å². The van der Waals surface area contributed by atoms with E-state index in [1.54, 1.807) is 14.2 Å². The minimum absolute atomic E-state index is 0.243. The molecule has 1 aromatic heterocycles. The van der Waals surface area contributed by atoms with Gasteiger partial charge in [-0.1, -0.05) is 19.8 Å². The molecule has 3 N–H and O–H groups in total. The minimum atomic E-state index is 0.243. The lowest BCUT2D eigenvalue weighted by Gasteiger charge is -2.22. The molecular weight excluding hydrogens is 378 g/mol. The standard InChI is InChI=1S/C23H33N5O2/c1-6-7-8-19(11-12-29-4)27-22-20(16(2)26-23(24)28-22)14-18-13-17(15-25-3)9-10-21(18)30-5/h9-10,13,19H,6-8,11-12,14-15H2,1-2,4-5H3,(H3,24,26,27,28)/t19-/m0/s1. The van der Waals surface area contributed by atoms with Crippen molar-refractivity contribution in [3.63, 3.8) is 0 Å². The van der Waals surface area contributed by atoms with Gasteiger partial charge in [0, 0.05) is 43.0 Å². The second-order valence-electron chi connectivity index (χ2n) is 7.40. The predicted octanol–water partition coefficient (Wildman–Crippen LogP) is 4.39. The van der Waals surface area contributed by atoms with E-state index in [-0.39, 0.29) is 12.0 Å². The van der Waals surface area contributed by atoms with Crippen molar-refractivity contribution in [2.24, 2.45) is 0 Å². The molecular formula is C23H33N5O2. The summed E-state index contributed by atoms with van der Waals surface area (Å²) in [5, 5.41) is 3.60. The Morgan fingerprint density at radius 2 is 2.03 bits per heavy atom. The van der Waals surface area contributed by atoms with Crippen LogP contribution < -0.4 is 15.8 Å². The summed E-state index contributed by atoms with van der Waals surface area (Å²) in [6.07, 6.45) is 4.78. The molecule has 2 aromatic rings. The molecule has 162 valence electrons. The predicted molar refractivity (Wildman–Crippen MR) is 121 cm³/mol. The maximum atomic E-state index is 7.15. The van der Waals surface area contributed by atoms with Crippen LogP contribution in [0.3, 0.4) is 0 Å². The van der Waals surface area contributed by atoms with Crippen molar-refractivity contribution in [2.75, 3.05) is 31.9 Å². The van der Waals surface area contributed by atoms with Crippen molar-refractivity contribution < 1.29 is 9.47 Å². The van der Waals surface area contributed by atoms with Gasteiger partial charge >= 0.3 is 0 Å². The second-order valence-corrected chi connectivity index (χ2v) is 7.40. The van der Waals surface area contributed by atoms with Crippen molar-refractivity contribution in [3.8, 4) is 5.75 Å². The van der Waals surface area contributed by atoms with Gasteiger partial charge in [0.1, 0.15) is 11.6 Å². The molecule has 0 aliphatic carbocycles. The smallest absolute Gasteiger partial charge is 0.239 e. The maximum Gasteiger partial charge on any atom is 0.239 e. The monoisotopic (exact) mass is 411 g/mol. The highest BCUT2D eigenvalue weighted by Crippen LogP contribution is 2.28. The third kappa shape index (κ3) is 6.60. The van der Waals surface area contributed by atoms with Crippen molar-refractivity contribution >= 4 is 11.8 Å². The quantitative estimate of drug-likeness (QED) is 0.504. The zero-order chi connectivity index (χ0) is 21.9. The molecule has 0 bridgehead atoms. The third-order valence-electron chi connectivity index (χ3n) is 5.12. The van der Waals surface area contributed by atoms with Crippen LogP contribution in [0, 0.1) is 13.5 Å². The van der Waals surface area contributed by atoms with E-state index in [4.69, 9.17) is 21.8 Å². The number of benzene rings is 1. The average molecular weight is 412 g/mol. The number of unbranched alkanes of at least 4 members (excludes halogenated alkanes) is 1. The summed E-state index contributed by atoms with van der Waals surface area (Å²) >= 11 is 0. The van der Waals surface area contributed by atoms with Gasteiger partial charge in [0.25, 0.3) is 0 Å². The third-order valence-corrected chi connectivity index (χ3v) is 5.12. The summed E-state index contributed by atoms with van der Waals surface area (Å²) in [5.74, 6) is 1.80. The van der Waals surface area contributed by atoms with E-state index in [0.717, 1.165) is 59.6 Å². The fourth-order valence-electron chi connectivity index (χ4n) is 3.49. The van der Waals surface area contributed by atoms with Crippen molar-refractivity contribution in [1.82, 2.24) is 9.97 Å². The molecule has 0 saturated heterocycles. The number of ether oxygens (including phenoxy) is 2. The van der Waals surface area contributed by atoms with Crippen LogP contribution in [0.5, 0.6) is 5.75 Å². The Bertz CT molecular complexity index is 855. The number of nitrogens with zero attached hydrogens (tertiary/aromatic N) is 3. The van der Waals surface area contributed by atoms with E-state index in [1.807, 2.05) is 25.1 Å². The minimum Gasteiger partial charge on any atom is -0.496 e. The molecule has 0 aliphatic rings. The summed E-state index contributed by atoms with van der Waals surface area (Å²) in [6.45, 7) is 12.3. The Kier molecular flexibility index (Phi) is 9.36. The summed E-state index contributed by atoms with van der Waals surface area (Å²) in [6, 6.07) is 6.11. The first-order valence-corrected chi connectivity index (χ1v) is 10.4. The molecule has 0 saturated carbocycles. The molecule has 7 nitrogen and oxygen atoms in total. The zero-order valence-electron chi connectivity index (χ0n) is 18.5. The molecule has 0 unspecified atom stereocenters. The van der Waals surface area contributed by atoms with Gasteiger partial charge < -0.3 is 25.4 Å². The fraction of sp³-hybridized carbons (Fsp3) is 0.522. The van der Waals surface area contributed by atoms with E-state index in [2.05, 4.69) is 27.1 Å². The van der Waals surface area contributed by atoms with E-state index < -0.39 is 0 Å².